The Bertz CT molecular complexity index is 1540. The van der Waals surface area contributed by atoms with Crippen molar-refractivity contribution in [1.82, 2.24) is 19.2 Å². The third-order valence-corrected chi connectivity index (χ3v) is 8.08. The summed E-state index contributed by atoms with van der Waals surface area (Å²) < 4.78 is 3.28. The number of carbonyl (C=O) groups is 2. The Kier molecular flexibility index (Phi) is 5.10. The lowest BCUT2D eigenvalue weighted by Crippen LogP contribution is -2.44. The van der Waals surface area contributed by atoms with Gasteiger partial charge in [0.25, 0.3) is 5.56 Å². The molecule has 2 amide bonds. The van der Waals surface area contributed by atoms with Gasteiger partial charge in [-0.25, -0.2) is 0 Å². The number of amides is 2. The largest absolute Gasteiger partial charge is 0.325 e. The predicted octanol–water partition coefficient (Wildman–Crippen LogP) is 3.31. The number of hydrogen-bond donors (Lipinski definition) is 1. The molecule has 0 radical (unpaired) electrons. The highest BCUT2D eigenvalue weighted by Crippen LogP contribution is 2.47. The number of hydrogen-bond acceptors (Lipinski definition) is 5. The Balaban J connectivity index is 1.39. The molecule has 2 aliphatic heterocycles. The molecule has 3 atom stereocenters. The van der Waals surface area contributed by atoms with Crippen LogP contribution in [-0.4, -0.2) is 43.6 Å². The van der Waals surface area contributed by atoms with Crippen LogP contribution in [0.3, 0.4) is 0 Å². The van der Waals surface area contributed by atoms with Crippen LogP contribution in [-0.2, 0) is 20.5 Å². The Hall–Kier alpha value is -3.93. The van der Waals surface area contributed by atoms with Gasteiger partial charge >= 0.3 is 0 Å². The van der Waals surface area contributed by atoms with Crippen LogP contribution >= 0.6 is 0 Å². The molecular formula is C28H30N6O3. The summed E-state index contributed by atoms with van der Waals surface area (Å²) in [6, 6.07) is 10.0. The summed E-state index contributed by atoms with van der Waals surface area (Å²) in [4.78, 5) is 42.5. The number of carbonyl (C=O) groups excluding carboxylic acids is 2. The van der Waals surface area contributed by atoms with E-state index in [2.05, 4.69) is 16.5 Å². The predicted molar refractivity (Wildman–Crippen MR) is 138 cm³/mol. The van der Waals surface area contributed by atoms with Crippen LogP contribution in [0, 0.1) is 17.2 Å². The van der Waals surface area contributed by atoms with Crippen LogP contribution in [0.4, 0.5) is 5.69 Å². The summed E-state index contributed by atoms with van der Waals surface area (Å²) in [5.74, 6) is -0.102. The summed E-state index contributed by atoms with van der Waals surface area (Å²) in [5, 5.41) is 18.0. The van der Waals surface area contributed by atoms with Gasteiger partial charge in [-0.05, 0) is 50.8 Å². The third-order valence-electron chi connectivity index (χ3n) is 8.08. The second-order valence-corrected chi connectivity index (χ2v) is 11.7. The number of rotatable bonds is 4. The molecular weight excluding hydrogens is 468 g/mol. The average molecular weight is 499 g/mol. The maximum atomic E-state index is 14.2. The number of fused-ring (bicyclic) bond motifs is 3. The summed E-state index contributed by atoms with van der Waals surface area (Å²) in [7, 11) is 0. The van der Waals surface area contributed by atoms with Gasteiger partial charge in [0.2, 0.25) is 11.8 Å². The molecule has 3 aliphatic rings. The molecule has 6 rings (SSSR count). The first-order chi connectivity index (χ1) is 17.6. The monoisotopic (exact) mass is 498 g/mol. The lowest BCUT2D eigenvalue weighted by molar-refractivity contribution is -0.135. The quantitative estimate of drug-likeness (QED) is 0.593. The molecule has 1 aliphatic carbocycles. The van der Waals surface area contributed by atoms with Crippen molar-refractivity contribution in [2.75, 3.05) is 11.9 Å². The van der Waals surface area contributed by atoms with E-state index in [1.54, 1.807) is 23.1 Å². The fourth-order valence-corrected chi connectivity index (χ4v) is 5.80. The minimum atomic E-state index is -0.959. The lowest BCUT2D eigenvalue weighted by atomic mass is 9.80. The first-order valence-electron chi connectivity index (χ1n) is 12.8. The van der Waals surface area contributed by atoms with Crippen molar-refractivity contribution in [2.45, 2.75) is 69.5 Å². The van der Waals surface area contributed by atoms with Crippen molar-refractivity contribution in [3.8, 4) is 6.07 Å². The second kappa shape index (κ2) is 8.04. The molecule has 2 aromatic heterocycles. The number of anilines is 1. The van der Waals surface area contributed by atoms with E-state index in [-0.39, 0.29) is 35.9 Å². The van der Waals surface area contributed by atoms with Gasteiger partial charge in [0.15, 0.2) is 0 Å². The molecule has 9 heteroatoms. The van der Waals surface area contributed by atoms with Crippen molar-refractivity contribution in [1.29, 1.82) is 5.26 Å². The van der Waals surface area contributed by atoms with E-state index >= 15 is 0 Å². The topological polar surface area (TPSA) is 113 Å². The number of likely N-dealkylation sites (tertiary alicyclic amines) is 1. The number of nitrogens with one attached hydrogen (secondary N) is 1. The van der Waals surface area contributed by atoms with E-state index in [4.69, 9.17) is 0 Å². The molecule has 1 saturated carbocycles. The van der Waals surface area contributed by atoms with E-state index in [0.29, 0.717) is 23.2 Å². The van der Waals surface area contributed by atoms with E-state index < -0.39 is 17.5 Å². The molecule has 1 N–H and O–H groups in total. The molecule has 2 fully saturated rings. The summed E-state index contributed by atoms with van der Waals surface area (Å²) >= 11 is 0. The average Bonchev–Trinajstić information content (AvgIpc) is 3.32. The third kappa shape index (κ3) is 3.66. The first-order valence-corrected chi connectivity index (χ1v) is 12.8. The Labute approximate surface area is 214 Å². The van der Waals surface area contributed by atoms with Gasteiger partial charge in [-0.15, -0.1) is 0 Å². The van der Waals surface area contributed by atoms with Crippen molar-refractivity contribution >= 4 is 28.4 Å². The SMILES string of the molecule is CC(C)(C)n1cc2c(=O)n([C@@H](CC3CC3)C(=O)N3C[C@]4(C[C@H]3C#N)C(=O)Nc3ccccc34)ccc2n1. The van der Waals surface area contributed by atoms with Crippen LogP contribution in [0.2, 0.25) is 0 Å². The van der Waals surface area contributed by atoms with E-state index in [1.807, 2.05) is 45.0 Å². The van der Waals surface area contributed by atoms with E-state index in [0.717, 1.165) is 24.1 Å². The highest BCUT2D eigenvalue weighted by Gasteiger charge is 2.56. The van der Waals surface area contributed by atoms with Crippen LogP contribution < -0.4 is 10.9 Å². The molecule has 37 heavy (non-hydrogen) atoms. The van der Waals surface area contributed by atoms with Gasteiger partial charge in [-0.2, -0.15) is 10.4 Å². The number of aromatic nitrogens is 3. The Morgan fingerprint density at radius 3 is 2.70 bits per heavy atom. The molecule has 4 heterocycles. The summed E-state index contributed by atoms with van der Waals surface area (Å²) in [5.41, 5.74) is 0.621. The molecule has 0 bridgehead atoms. The van der Waals surface area contributed by atoms with Gasteiger partial charge in [0.05, 0.1) is 27.9 Å². The molecule has 190 valence electrons. The van der Waals surface area contributed by atoms with Gasteiger partial charge in [0, 0.05) is 31.0 Å². The zero-order valence-electron chi connectivity index (χ0n) is 21.3. The summed E-state index contributed by atoms with van der Waals surface area (Å²) in [6.07, 6.45) is 6.20. The van der Waals surface area contributed by atoms with Crippen molar-refractivity contribution < 1.29 is 9.59 Å². The van der Waals surface area contributed by atoms with Crippen molar-refractivity contribution in [3.05, 3.63) is 58.6 Å². The maximum absolute atomic E-state index is 14.2. The van der Waals surface area contributed by atoms with Gasteiger partial charge < -0.3 is 14.8 Å². The van der Waals surface area contributed by atoms with E-state index in [9.17, 15) is 19.6 Å². The number of pyridine rings is 1. The fraction of sp³-hybridized carbons (Fsp3) is 0.464. The normalized spacial score (nSPS) is 23.8. The number of nitriles is 1. The van der Waals surface area contributed by atoms with Gasteiger partial charge in [-0.3, -0.25) is 19.1 Å². The highest BCUT2D eigenvalue weighted by atomic mass is 16.2. The van der Waals surface area contributed by atoms with Crippen molar-refractivity contribution in [3.63, 3.8) is 0 Å². The molecule has 1 aromatic carbocycles. The molecule has 0 unspecified atom stereocenters. The standard InChI is InChI=1S/C28H30N6O3/c1-27(2,3)34-15-19-21(31-34)10-11-32(24(19)35)23(12-17-8-9-17)25(36)33-16-28(13-18(33)14-29)20-6-4-5-7-22(20)30-26(28)37/h4-7,10-11,15,17-18,23H,8-9,12-13,16H2,1-3H3,(H,30,37)/t18-,23-,28-/m0/s1. The minimum absolute atomic E-state index is 0.118. The summed E-state index contributed by atoms with van der Waals surface area (Å²) in [6.45, 7) is 6.16. The van der Waals surface area contributed by atoms with Crippen LogP contribution in [0.5, 0.6) is 0 Å². The zero-order chi connectivity index (χ0) is 26.1. The molecule has 1 saturated heterocycles. The molecule has 1 spiro atoms. The van der Waals surface area contributed by atoms with Crippen molar-refractivity contribution in [2.24, 2.45) is 5.92 Å². The van der Waals surface area contributed by atoms with Gasteiger partial charge in [-0.1, -0.05) is 31.0 Å². The fourth-order valence-electron chi connectivity index (χ4n) is 5.80. The Morgan fingerprint density at radius 2 is 2.00 bits per heavy atom. The number of benzene rings is 1. The Morgan fingerprint density at radius 1 is 1.24 bits per heavy atom. The van der Waals surface area contributed by atoms with E-state index in [1.165, 1.54) is 9.47 Å². The van der Waals surface area contributed by atoms with Crippen LogP contribution in [0.1, 0.15) is 58.1 Å². The lowest BCUT2D eigenvalue weighted by Gasteiger charge is -2.28. The number of para-hydroxylation sites is 1. The highest BCUT2D eigenvalue weighted by molar-refractivity contribution is 6.07. The van der Waals surface area contributed by atoms with Gasteiger partial charge in [0.1, 0.15) is 12.1 Å². The van der Waals surface area contributed by atoms with Crippen LogP contribution in [0.15, 0.2) is 47.5 Å². The first kappa shape index (κ1) is 23.5. The van der Waals surface area contributed by atoms with Crippen LogP contribution in [0.25, 0.3) is 10.9 Å². The molecule has 9 nitrogen and oxygen atoms in total. The maximum Gasteiger partial charge on any atom is 0.262 e. The molecule has 3 aromatic rings. The minimum Gasteiger partial charge on any atom is -0.325 e. The smallest absolute Gasteiger partial charge is 0.262 e. The second-order valence-electron chi connectivity index (χ2n) is 11.7. The zero-order valence-corrected chi connectivity index (χ0v) is 21.3. The number of nitrogens with zero attached hydrogens (tertiary/aromatic N) is 5.